The van der Waals surface area contributed by atoms with Gasteiger partial charge in [0.05, 0.1) is 11.0 Å². The van der Waals surface area contributed by atoms with Gasteiger partial charge >= 0.3 is 0 Å². The van der Waals surface area contributed by atoms with E-state index in [0.717, 1.165) is 48.1 Å². The van der Waals surface area contributed by atoms with Crippen LogP contribution < -0.4 is 11.1 Å². The molecule has 2 heterocycles. The number of rotatable bonds is 3. The molecule has 29 heavy (non-hydrogen) atoms. The summed E-state index contributed by atoms with van der Waals surface area (Å²) in [5.41, 5.74) is 8.47. The number of hydrogen-bond acceptors (Lipinski definition) is 5. The number of oxazole rings is 1. The number of nitrogens with two attached hydrogens (primary N) is 1. The fraction of sp³-hybridized carbons (Fsp3) is 0.435. The normalized spacial score (nSPS) is 30.0. The smallest absolute Gasteiger partial charge is 0.231 e. The molecule has 0 radical (unpaired) electrons. The summed E-state index contributed by atoms with van der Waals surface area (Å²) in [5.74, 6) is 3.49. The number of nitrogen functional groups attached to an aromatic ring is 1. The van der Waals surface area contributed by atoms with Crippen LogP contribution in [0.1, 0.15) is 38.5 Å². The summed E-state index contributed by atoms with van der Waals surface area (Å²) in [6, 6.07) is 9.11. The third-order valence-corrected chi connectivity index (χ3v) is 7.18. The van der Waals surface area contributed by atoms with Crippen LogP contribution in [0.2, 0.25) is 0 Å². The Bertz CT molecular complexity index is 1070. The number of nitrogens with zero attached hydrogens (tertiary/aromatic N) is 2. The van der Waals surface area contributed by atoms with Crippen LogP contribution in [0.3, 0.4) is 0 Å². The van der Waals surface area contributed by atoms with Crippen LogP contribution in [0, 0.1) is 23.2 Å². The van der Waals surface area contributed by atoms with Crippen LogP contribution in [0.4, 0.5) is 11.5 Å². The lowest BCUT2D eigenvalue weighted by molar-refractivity contribution is -0.140. The molecule has 4 bridgehead atoms. The quantitative estimate of drug-likeness (QED) is 0.638. The van der Waals surface area contributed by atoms with Crippen LogP contribution >= 0.6 is 0 Å². The fourth-order valence-electron chi connectivity index (χ4n) is 6.30. The average Bonchev–Trinajstić information content (AvgIpc) is 3.10. The minimum Gasteiger partial charge on any atom is -0.436 e. The minimum atomic E-state index is -0.171. The summed E-state index contributed by atoms with van der Waals surface area (Å²) in [6.45, 7) is 0. The number of fused-ring (bicyclic) bond motifs is 1. The van der Waals surface area contributed by atoms with Gasteiger partial charge in [-0.2, -0.15) is 0 Å². The number of benzene rings is 1. The number of amides is 1. The third kappa shape index (κ3) is 2.81. The number of anilines is 2. The van der Waals surface area contributed by atoms with Crippen molar-refractivity contribution in [2.75, 3.05) is 11.1 Å². The maximum atomic E-state index is 13.2. The summed E-state index contributed by atoms with van der Waals surface area (Å²) in [4.78, 5) is 22.1. The number of pyridine rings is 1. The zero-order valence-electron chi connectivity index (χ0n) is 16.2. The Labute approximate surface area is 168 Å². The van der Waals surface area contributed by atoms with Gasteiger partial charge in [0, 0.05) is 11.9 Å². The van der Waals surface area contributed by atoms with Crippen molar-refractivity contribution in [1.29, 1.82) is 0 Å². The highest BCUT2D eigenvalue weighted by atomic mass is 16.3. The van der Waals surface area contributed by atoms with Gasteiger partial charge in [0.15, 0.2) is 5.58 Å². The van der Waals surface area contributed by atoms with Crippen LogP contribution in [0.25, 0.3) is 22.6 Å². The molecule has 3 N–H and O–H groups in total. The highest BCUT2D eigenvalue weighted by Gasteiger charge is 2.54. The van der Waals surface area contributed by atoms with Gasteiger partial charge in [-0.3, -0.25) is 4.79 Å². The Balaban J connectivity index is 1.21. The molecule has 0 aliphatic heterocycles. The first kappa shape index (κ1) is 17.0. The zero-order valence-corrected chi connectivity index (χ0v) is 16.2. The SMILES string of the molecule is Nc1ccc2oc(-c3ccc(NC(=O)C45CC6CC(CC(C6)C4)C5)nc3)nc2c1. The molecule has 7 rings (SSSR count). The molecule has 6 nitrogen and oxygen atoms in total. The second kappa shape index (κ2) is 6.05. The summed E-state index contributed by atoms with van der Waals surface area (Å²) in [7, 11) is 0. The van der Waals surface area contributed by atoms with E-state index in [4.69, 9.17) is 10.2 Å². The maximum absolute atomic E-state index is 13.2. The van der Waals surface area contributed by atoms with Crippen molar-refractivity contribution in [1.82, 2.24) is 9.97 Å². The second-order valence-electron chi connectivity index (χ2n) is 9.33. The van der Waals surface area contributed by atoms with Crippen LogP contribution in [-0.2, 0) is 4.79 Å². The van der Waals surface area contributed by atoms with Gasteiger partial charge in [0.2, 0.25) is 11.8 Å². The minimum absolute atomic E-state index is 0.161. The molecular formula is C23H24N4O2. The first-order valence-electron chi connectivity index (χ1n) is 10.5. The molecular weight excluding hydrogens is 364 g/mol. The molecule has 1 aromatic carbocycles. The summed E-state index contributed by atoms with van der Waals surface area (Å²) in [6.07, 6.45) is 8.84. The maximum Gasteiger partial charge on any atom is 0.231 e. The Morgan fingerprint density at radius 1 is 1.07 bits per heavy atom. The third-order valence-electron chi connectivity index (χ3n) is 7.18. The summed E-state index contributed by atoms with van der Waals surface area (Å²) < 4.78 is 5.80. The molecule has 3 aromatic rings. The van der Waals surface area contributed by atoms with Crippen LogP contribution in [0.5, 0.6) is 0 Å². The standard InChI is InChI=1S/C23H24N4O2/c24-17-2-3-19-18(8-17)26-21(29-19)16-1-4-20(25-12-16)27-22(28)23-9-13-5-14(10-23)7-15(6-13)11-23/h1-4,8,12-15H,5-7,9-11,24H2,(H,25,27,28). The topological polar surface area (TPSA) is 94.0 Å². The molecule has 4 saturated carbocycles. The largest absolute Gasteiger partial charge is 0.436 e. The van der Waals surface area contributed by atoms with Crippen molar-refractivity contribution < 1.29 is 9.21 Å². The van der Waals surface area contributed by atoms with E-state index in [2.05, 4.69) is 15.3 Å². The molecule has 0 saturated heterocycles. The Morgan fingerprint density at radius 2 is 1.79 bits per heavy atom. The lowest BCUT2D eigenvalue weighted by Gasteiger charge is -2.55. The van der Waals surface area contributed by atoms with E-state index < -0.39 is 0 Å². The molecule has 2 aromatic heterocycles. The van der Waals surface area contributed by atoms with E-state index in [1.165, 1.54) is 19.3 Å². The Morgan fingerprint density at radius 3 is 2.45 bits per heavy atom. The lowest BCUT2D eigenvalue weighted by Crippen LogP contribution is -2.51. The van der Waals surface area contributed by atoms with E-state index in [1.807, 2.05) is 18.2 Å². The van der Waals surface area contributed by atoms with Crippen LogP contribution in [0.15, 0.2) is 40.9 Å². The van der Waals surface area contributed by atoms with Crippen molar-refractivity contribution >= 4 is 28.5 Å². The van der Waals surface area contributed by atoms with Gasteiger partial charge in [0.25, 0.3) is 0 Å². The molecule has 4 aliphatic carbocycles. The zero-order chi connectivity index (χ0) is 19.6. The van der Waals surface area contributed by atoms with E-state index in [0.29, 0.717) is 23.0 Å². The molecule has 1 amide bonds. The van der Waals surface area contributed by atoms with Gasteiger partial charge in [0.1, 0.15) is 11.3 Å². The Kier molecular flexibility index (Phi) is 3.55. The number of carbonyl (C=O) groups is 1. The number of hydrogen-bond donors (Lipinski definition) is 2. The predicted molar refractivity (Wildman–Crippen MR) is 111 cm³/mol. The van der Waals surface area contributed by atoms with Crippen LogP contribution in [-0.4, -0.2) is 15.9 Å². The highest BCUT2D eigenvalue weighted by molar-refractivity contribution is 5.95. The number of aromatic nitrogens is 2. The Hall–Kier alpha value is -2.89. The van der Waals surface area contributed by atoms with Crippen molar-refractivity contribution in [2.45, 2.75) is 38.5 Å². The first-order valence-corrected chi connectivity index (χ1v) is 10.5. The average molecular weight is 388 g/mol. The van der Waals surface area contributed by atoms with Gasteiger partial charge in [-0.05, 0) is 86.6 Å². The van der Waals surface area contributed by atoms with Gasteiger partial charge in [-0.25, -0.2) is 9.97 Å². The monoisotopic (exact) mass is 388 g/mol. The molecule has 0 atom stereocenters. The predicted octanol–water partition coefficient (Wildman–Crippen LogP) is 4.63. The van der Waals surface area contributed by atoms with Crippen molar-refractivity contribution in [3.63, 3.8) is 0 Å². The van der Waals surface area contributed by atoms with Gasteiger partial charge in [-0.15, -0.1) is 0 Å². The second-order valence-corrected chi connectivity index (χ2v) is 9.33. The van der Waals surface area contributed by atoms with E-state index in [1.54, 1.807) is 18.3 Å². The van der Waals surface area contributed by atoms with E-state index in [-0.39, 0.29) is 11.3 Å². The van der Waals surface area contributed by atoms with Crippen molar-refractivity contribution in [2.24, 2.45) is 23.2 Å². The number of nitrogens with one attached hydrogen (secondary N) is 1. The van der Waals surface area contributed by atoms with Crippen molar-refractivity contribution in [3.05, 3.63) is 36.5 Å². The molecule has 0 unspecified atom stereocenters. The van der Waals surface area contributed by atoms with Crippen molar-refractivity contribution in [3.8, 4) is 11.5 Å². The van der Waals surface area contributed by atoms with Gasteiger partial charge in [-0.1, -0.05) is 0 Å². The summed E-state index contributed by atoms with van der Waals surface area (Å²) in [5, 5.41) is 3.09. The van der Waals surface area contributed by atoms with E-state index >= 15 is 0 Å². The molecule has 148 valence electrons. The molecule has 6 heteroatoms. The molecule has 0 spiro atoms. The molecule has 4 fully saturated rings. The van der Waals surface area contributed by atoms with Gasteiger partial charge < -0.3 is 15.5 Å². The summed E-state index contributed by atoms with van der Waals surface area (Å²) >= 11 is 0. The lowest BCUT2D eigenvalue weighted by atomic mass is 9.49. The fourth-order valence-corrected chi connectivity index (χ4v) is 6.30. The highest BCUT2D eigenvalue weighted by Crippen LogP contribution is 2.60. The molecule has 4 aliphatic rings. The first-order chi connectivity index (χ1) is 14.1. The number of carbonyl (C=O) groups excluding carboxylic acids is 1. The van der Waals surface area contributed by atoms with E-state index in [9.17, 15) is 4.79 Å².